The molecule has 0 aliphatic heterocycles. The smallest absolute Gasteiger partial charge is 0.0641 e. The van der Waals surface area contributed by atoms with Gasteiger partial charge in [-0.15, -0.1) is 0 Å². The van der Waals surface area contributed by atoms with Crippen molar-refractivity contribution in [1.82, 2.24) is 0 Å². The van der Waals surface area contributed by atoms with Gasteiger partial charge in [-0.05, 0) is 50.7 Å². The molecule has 0 spiro atoms. The molecule has 1 aromatic rings. The molecule has 0 bridgehead atoms. The molecule has 1 saturated carbocycles. The summed E-state index contributed by atoms with van der Waals surface area (Å²) in [6.45, 7) is 6.87. The SMILES string of the molecule is Cc1ccc(N(C)CCOCC2CC2)c(CC(C)N)c1. The molecule has 1 fully saturated rings. The van der Waals surface area contributed by atoms with Gasteiger partial charge in [-0.25, -0.2) is 0 Å². The highest BCUT2D eigenvalue weighted by atomic mass is 16.5. The lowest BCUT2D eigenvalue weighted by Crippen LogP contribution is -2.26. The van der Waals surface area contributed by atoms with Crippen LogP contribution in [0.15, 0.2) is 18.2 Å². The Morgan fingerprint density at radius 1 is 1.40 bits per heavy atom. The van der Waals surface area contributed by atoms with E-state index in [0.717, 1.165) is 32.1 Å². The Morgan fingerprint density at radius 3 is 2.80 bits per heavy atom. The second kappa shape index (κ2) is 7.09. The maximum absolute atomic E-state index is 5.96. The molecule has 112 valence electrons. The van der Waals surface area contributed by atoms with Crippen LogP contribution in [0.25, 0.3) is 0 Å². The molecule has 0 saturated heterocycles. The summed E-state index contributed by atoms with van der Waals surface area (Å²) in [5, 5.41) is 0. The first-order valence-corrected chi connectivity index (χ1v) is 7.70. The lowest BCUT2D eigenvalue weighted by atomic mass is 10.0. The van der Waals surface area contributed by atoms with Crippen LogP contribution < -0.4 is 10.6 Å². The third-order valence-corrected chi connectivity index (χ3v) is 3.81. The predicted octanol–water partition coefficient (Wildman–Crippen LogP) is 2.75. The number of aryl methyl sites for hydroxylation is 1. The molecule has 1 aliphatic rings. The van der Waals surface area contributed by atoms with Crippen LogP contribution in [0.3, 0.4) is 0 Å². The summed E-state index contributed by atoms with van der Waals surface area (Å²) >= 11 is 0. The van der Waals surface area contributed by atoms with E-state index in [2.05, 4.69) is 44.0 Å². The molecule has 1 aromatic carbocycles. The Balaban J connectivity index is 1.90. The Morgan fingerprint density at radius 2 is 2.15 bits per heavy atom. The largest absolute Gasteiger partial charge is 0.379 e. The Labute approximate surface area is 123 Å². The van der Waals surface area contributed by atoms with Gasteiger partial charge < -0.3 is 15.4 Å². The number of anilines is 1. The third-order valence-electron chi connectivity index (χ3n) is 3.81. The van der Waals surface area contributed by atoms with Gasteiger partial charge in [0, 0.05) is 31.9 Å². The molecule has 0 heterocycles. The lowest BCUT2D eigenvalue weighted by molar-refractivity contribution is 0.131. The van der Waals surface area contributed by atoms with Gasteiger partial charge in [0.25, 0.3) is 0 Å². The van der Waals surface area contributed by atoms with Crippen LogP contribution in [0.2, 0.25) is 0 Å². The monoisotopic (exact) mass is 276 g/mol. The molecule has 2 rings (SSSR count). The number of benzene rings is 1. The number of rotatable bonds is 8. The highest BCUT2D eigenvalue weighted by Crippen LogP contribution is 2.28. The van der Waals surface area contributed by atoms with E-state index in [1.165, 1.54) is 29.7 Å². The Bertz CT molecular complexity index is 427. The average molecular weight is 276 g/mol. The van der Waals surface area contributed by atoms with Crippen molar-refractivity contribution < 1.29 is 4.74 Å². The molecule has 3 heteroatoms. The van der Waals surface area contributed by atoms with Crippen LogP contribution in [-0.4, -0.2) is 32.8 Å². The summed E-state index contributed by atoms with van der Waals surface area (Å²) in [5.74, 6) is 0.841. The number of hydrogen-bond donors (Lipinski definition) is 1. The summed E-state index contributed by atoms with van der Waals surface area (Å²) in [6, 6.07) is 6.81. The summed E-state index contributed by atoms with van der Waals surface area (Å²) in [5.41, 5.74) is 9.87. The van der Waals surface area contributed by atoms with Crippen molar-refractivity contribution in [1.29, 1.82) is 0 Å². The zero-order chi connectivity index (χ0) is 14.5. The maximum atomic E-state index is 5.96. The van der Waals surface area contributed by atoms with Crippen molar-refractivity contribution in [3.05, 3.63) is 29.3 Å². The molecule has 3 nitrogen and oxygen atoms in total. The fraction of sp³-hybridized carbons (Fsp3) is 0.647. The quantitative estimate of drug-likeness (QED) is 0.742. The van der Waals surface area contributed by atoms with E-state index in [1.807, 2.05) is 0 Å². The van der Waals surface area contributed by atoms with Gasteiger partial charge in [0.2, 0.25) is 0 Å². The minimum absolute atomic E-state index is 0.190. The number of nitrogens with two attached hydrogens (primary N) is 1. The van der Waals surface area contributed by atoms with E-state index in [0.29, 0.717) is 0 Å². The van der Waals surface area contributed by atoms with Gasteiger partial charge in [-0.3, -0.25) is 0 Å². The molecule has 1 aliphatic carbocycles. The van der Waals surface area contributed by atoms with Gasteiger partial charge in [0.1, 0.15) is 0 Å². The Hall–Kier alpha value is -1.06. The topological polar surface area (TPSA) is 38.5 Å². The van der Waals surface area contributed by atoms with Crippen molar-refractivity contribution in [3.8, 4) is 0 Å². The van der Waals surface area contributed by atoms with Crippen LogP contribution in [0.5, 0.6) is 0 Å². The molecule has 0 radical (unpaired) electrons. The highest BCUT2D eigenvalue weighted by Gasteiger charge is 2.21. The first-order valence-electron chi connectivity index (χ1n) is 7.70. The van der Waals surface area contributed by atoms with Crippen molar-refractivity contribution >= 4 is 5.69 Å². The van der Waals surface area contributed by atoms with Gasteiger partial charge in [-0.2, -0.15) is 0 Å². The van der Waals surface area contributed by atoms with Gasteiger partial charge in [-0.1, -0.05) is 17.7 Å². The molecule has 2 N–H and O–H groups in total. The fourth-order valence-electron chi connectivity index (χ4n) is 2.45. The van der Waals surface area contributed by atoms with Crippen molar-refractivity contribution in [2.45, 2.75) is 39.2 Å². The lowest BCUT2D eigenvalue weighted by Gasteiger charge is -2.23. The predicted molar refractivity (Wildman–Crippen MR) is 85.3 cm³/mol. The molecule has 1 unspecified atom stereocenters. The van der Waals surface area contributed by atoms with E-state index in [1.54, 1.807) is 0 Å². The number of ether oxygens (including phenoxy) is 1. The van der Waals surface area contributed by atoms with Crippen LogP contribution in [0, 0.1) is 12.8 Å². The summed E-state index contributed by atoms with van der Waals surface area (Å²) in [6.07, 6.45) is 3.63. The summed E-state index contributed by atoms with van der Waals surface area (Å²) in [4.78, 5) is 2.28. The van der Waals surface area contributed by atoms with Crippen LogP contribution >= 0.6 is 0 Å². The zero-order valence-corrected chi connectivity index (χ0v) is 13.1. The van der Waals surface area contributed by atoms with Gasteiger partial charge in [0.15, 0.2) is 0 Å². The minimum atomic E-state index is 0.190. The fourth-order valence-corrected chi connectivity index (χ4v) is 2.45. The number of nitrogens with zero attached hydrogens (tertiary/aromatic N) is 1. The molecular weight excluding hydrogens is 248 g/mol. The van der Waals surface area contributed by atoms with Crippen LogP contribution in [-0.2, 0) is 11.2 Å². The molecule has 20 heavy (non-hydrogen) atoms. The first-order chi connectivity index (χ1) is 9.56. The van der Waals surface area contributed by atoms with Crippen molar-refractivity contribution in [3.63, 3.8) is 0 Å². The summed E-state index contributed by atoms with van der Waals surface area (Å²) < 4.78 is 5.73. The third kappa shape index (κ3) is 4.80. The van der Waals surface area contributed by atoms with Crippen molar-refractivity contribution in [2.24, 2.45) is 11.7 Å². The van der Waals surface area contributed by atoms with Crippen molar-refractivity contribution in [2.75, 3.05) is 31.7 Å². The van der Waals surface area contributed by atoms with Gasteiger partial charge in [0.05, 0.1) is 6.61 Å². The first kappa shape index (κ1) is 15.3. The van der Waals surface area contributed by atoms with Crippen LogP contribution in [0.1, 0.15) is 30.9 Å². The van der Waals surface area contributed by atoms with E-state index >= 15 is 0 Å². The zero-order valence-electron chi connectivity index (χ0n) is 13.1. The van der Waals surface area contributed by atoms with Gasteiger partial charge >= 0.3 is 0 Å². The molecule has 1 atom stereocenters. The maximum Gasteiger partial charge on any atom is 0.0641 e. The molecular formula is C17H28N2O. The standard InChI is InChI=1S/C17H28N2O/c1-13-4-7-17(16(10-13)11-14(2)18)19(3)8-9-20-12-15-5-6-15/h4,7,10,14-15H,5-6,8-9,11-12,18H2,1-3H3. The van der Waals surface area contributed by atoms with E-state index in [9.17, 15) is 0 Å². The minimum Gasteiger partial charge on any atom is -0.379 e. The second-order valence-corrected chi connectivity index (χ2v) is 6.25. The average Bonchev–Trinajstić information content (AvgIpc) is 3.18. The molecule has 0 amide bonds. The highest BCUT2D eigenvalue weighted by molar-refractivity contribution is 5.54. The van der Waals surface area contributed by atoms with E-state index in [4.69, 9.17) is 10.5 Å². The normalized spacial score (nSPS) is 16.2. The number of hydrogen-bond acceptors (Lipinski definition) is 3. The number of likely N-dealkylation sites (N-methyl/N-ethyl adjacent to an activating group) is 1. The van der Waals surface area contributed by atoms with E-state index < -0.39 is 0 Å². The molecule has 0 aromatic heterocycles. The van der Waals surface area contributed by atoms with Crippen LogP contribution in [0.4, 0.5) is 5.69 Å². The second-order valence-electron chi connectivity index (χ2n) is 6.25. The Kier molecular flexibility index (Phi) is 5.44. The van der Waals surface area contributed by atoms with E-state index in [-0.39, 0.29) is 6.04 Å². The summed E-state index contributed by atoms with van der Waals surface area (Å²) in [7, 11) is 2.13.